The van der Waals surface area contributed by atoms with Gasteiger partial charge in [0, 0.05) is 23.3 Å². The summed E-state index contributed by atoms with van der Waals surface area (Å²) in [6.45, 7) is 0.816. The quantitative estimate of drug-likeness (QED) is 0.261. The van der Waals surface area contributed by atoms with Crippen molar-refractivity contribution in [3.63, 3.8) is 0 Å². The molecule has 0 saturated carbocycles. The van der Waals surface area contributed by atoms with E-state index in [9.17, 15) is 5.11 Å². The van der Waals surface area contributed by atoms with E-state index in [1.807, 2.05) is 97.1 Å². The van der Waals surface area contributed by atoms with Crippen molar-refractivity contribution in [2.24, 2.45) is 0 Å². The van der Waals surface area contributed by atoms with Gasteiger partial charge < -0.3 is 24.1 Å². The van der Waals surface area contributed by atoms with E-state index in [4.69, 9.17) is 18.9 Å². The maximum Gasteiger partial charge on any atom is 0.129 e. The lowest BCUT2D eigenvalue weighted by atomic mass is 10.1. The third kappa shape index (κ3) is 6.68. The molecule has 0 aromatic heterocycles. The summed E-state index contributed by atoms with van der Waals surface area (Å²) in [6.07, 6.45) is 2.63. The highest BCUT2D eigenvalue weighted by Crippen LogP contribution is 2.33. The predicted molar refractivity (Wildman–Crippen MR) is 142 cm³/mol. The second kappa shape index (κ2) is 12.5. The Kier molecular flexibility index (Phi) is 8.62. The fourth-order valence-corrected chi connectivity index (χ4v) is 3.70. The van der Waals surface area contributed by atoms with Gasteiger partial charge in [-0.05, 0) is 35.4 Å². The van der Waals surface area contributed by atoms with E-state index in [1.165, 1.54) is 0 Å². The van der Waals surface area contributed by atoms with Crippen molar-refractivity contribution in [3.05, 3.63) is 125 Å². The summed E-state index contributed by atoms with van der Waals surface area (Å²) in [5.74, 6) is 2.58. The predicted octanol–water partition coefficient (Wildman–Crippen LogP) is 6.61. The first-order valence-electron chi connectivity index (χ1n) is 11.7. The summed E-state index contributed by atoms with van der Waals surface area (Å²) in [4.78, 5) is 0. The zero-order chi connectivity index (χ0) is 25.2. The molecule has 184 valence electrons. The number of ether oxygens (including phenoxy) is 4. The minimum Gasteiger partial charge on any atom is -0.497 e. The topological polar surface area (TPSA) is 57.2 Å². The number of hydrogen-bond donors (Lipinski definition) is 1. The first-order valence-corrected chi connectivity index (χ1v) is 11.7. The molecule has 4 aromatic rings. The molecule has 0 aliphatic carbocycles. The maximum atomic E-state index is 11.0. The molecule has 1 unspecified atom stereocenters. The minimum absolute atomic E-state index is 0.374. The summed E-state index contributed by atoms with van der Waals surface area (Å²) in [5, 5.41) is 11.0. The molecule has 1 N–H and O–H groups in total. The number of rotatable bonds is 11. The molecule has 0 saturated heterocycles. The Hall–Kier alpha value is -4.22. The normalized spacial score (nSPS) is 11.8. The van der Waals surface area contributed by atoms with E-state index < -0.39 is 6.10 Å². The van der Waals surface area contributed by atoms with Gasteiger partial charge in [0.05, 0.1) is 14.2 Å². The smallest absolute Gasteiger partial charge is 0.129 e. The lowest BCUT2D eigenvalue weighted by Gasteiger charge is -2.16. The van der Waals surface area contributed by atoms with Gasteiger partial charge in [-0.2, -0.15) is 0 Å². The van der Waals surface area contributed by atoms with Crippen molar-refractivity contribution in [1.29, 1.82) is 0 Å². The lowest BCUT2D eigenvalue weighted by Crippen LogP contribution is -2.03. The Balaban J connectivity index is 1.56. The van der Waals surface area contributed by atoms with E-state index in [0.717, 1.165) is 16.7 Å². The third-order valence-electron chi connectivity index (χ3n) is 5.69. The van der Waals surface area contributed by atoms with Gasteiger partial charge in [-0.15, -0.1) is 0 Å². The van der Waals surface area contributed by atoms with Gasteiger partial charge in [-0.3, -0.25) is 0 Å². The van der Waals surface area contributed by atoms with Gasteiger partial charge >= 0.3 is 0 Å². The summed E-state index contributed by atoms with van der Waals surface area (Å²) in [7, 11) is 3.21. The molecule has 5 nitrogen and oxygen atoms in total. The standard InChI is InChI=1S/C31H30O5/c1-33-26-15-13-25(30(19-26)34-2)14-18-29(32)28-17-16-27(35-21-23-9-5-3-6-10-23)20-31(28)36-22-24-11-7-4-8-12-24/h3-20,29,32H,21-22H2,1-2H3. The molecule has 4 rings (SSSR count). The number of benzene rings is 4. The first kappa shape index (κ1) is 24.9. The van der Waals surface area contributed by atoms with Crippen LogP contribution in [0.25, 0.3) is 6.08 Å². The van der Waals surface area contributed by atoms with Crippen LogP contribution in [0.2, 0.25) is 0 Å². The molecule has 0 amide bonds. The highest BCUT2D eigenvalue weighted by molar-refractivity contribution is 5.60. The van der Waals surface area contributed by atoms with Crippen LogP contribution in [0.5, 0.6) is 23.0 Å². The van der Waals surface area contributed by atoms with Crippen LogP contribution < -0.4 is 18.9 Å². The summed E-state index contributed by atoms with van der Waals surface area (Å²) >= 11 is 0. The van der Waals surface area contributed by atoms with Crippen molar-refractivity contribution in [3.8, 4) is 23.0 Å². The van der Waals surface area contributed by atoms with Crippen molar-refractivity contribution in [2.45, 2.75) is 19.3 Å². The van der Waals surface area contributed by atoms with Gasteiger partial charge in [-0.25, -0.2) is 0 Å². The van der Waals surface area contributed by atoms with Crippen molar-refractivity contribution in [2.75, 3.05) is 14.2 Å². The van der Waals surface area contributed by atoms with Crippen LogP contribution in [-0.4, -0.2) is 19.3 Å². The number of aliphatic hydroxyl groups excluding tert-OH is 1. The molecule has 0 aliphatic rings. The number of hydrogen-bond acceptors (Lipinski definition) is 5. The molecule has 0 heterocycles. The maximum absolute atomic E-state index is 11.0. The number of aliphatic hydroxyl groups is 1. The fourth-order valence-electron chi connectivity index (χ4n) is 3.70. The monoisotopic (exact) mass is 482 g/mol. The van der Waals surface area contributed by atoms with Crippen LogP contribution in [0.15, 0.2) is 103 Å². The molecule has 36 heavy (non-hydrogen) atoms. The average molecular weight is 483 g/mol. The van der Waals surface area contributed by atoms with E-state index >= 15 is 0 Å². The van der Waals surface area contributed by atoms with Crippen LogP contribution in [0.4, 0.5) is 0 Å². The van der Waals surface area contributed by atoms with Crippen LogP contribution >= 0.6 is 0 Å². The molecule has 1 atom stereocenters. The largest absolute Gasteiger partial charge is 0.497 e. The van der Waals surface area contributed by atoms with Gasteiger partial charge in [0.15, 0.2) is 0 Å². The van der Waals surface area contributed by atoms with E-state index in [0.29, 0.717) is 41.8 Å². The zero-order valence-corrected chi connectivity index (χ0v) is 20.5. The highest BCUT2D eigenvalue weighted by Gasteiger charge is 2.14. The molecular weight excluding hydrogens is 452 g/mol. The Morgan fingerprint density at radius 2 is 1.28 bits per heavy atom. The summed E-state index contributed by atoms with van der Waals surface area (Å²) in [6, 6.07) is 30.9. The van der Waals surface area contributed by atoms with Crippen LogP contribution in [0, 0.1) is 0 Å². The number of methoxy groups -OCH3 is 2. The highest BCUT2D eigenvalue weighted by atomic mass is 16.5. The third-order valence-corrected chi connectivity index (χ3v) is 5.69. The molecule has 0 fully saturated rings. The average Bonchev–Trinajstić information content (AvgIpc) is 2.94. The van der Waals surface area contributed by atoms with E-state index in [1.54, 1.807) is 26.4 Å². The molecule has 0 aliphatic heterocycles. The van der Waals surface area contributed by atoms with Crippen molar-refractivity contribution < 1.29 is 24.1 Å². The Bertz CT molecular complexity index is 1270. The molecule has 0 radical (unpaired) electrons. The Morgan fingerprint density at radius 3 is 1.92 bits per heavy atom. The minimum atomic E-state index is -0.897. The van der Waals surface area contributed by atoms with Gasteiger partial charge in [-0.1, -0.05) is 72.8 Å². The summed E-state index contributed by atoms with van der Waals surface area (Å²) < 4.78 is 22.9. The van der Waals surface area contributed by atoms with Crippen molar-refractivity contribution >= 4 is 6.08 Å². The van der Waals surface area contributed by atoms with Gasteiger partial charge in [0.25, 0.3) is 0 Å². The van der Waals surface area contributed by atoms with Crippen LogP contribution in [0.1, 0.15) is 28.4 Å². The lowest BCUT2D eigenvalue weighted by molar-refractivity contribution is 0.216. The van der Waals surface area contributed by atoms with Crippen LogP contribution in [-0.2, 0) is 13.2 Å². The first-order chi connectivity index (χ1) is 17.7. The Labute approximate surface area is 212 Å². The van der Waals surface area contributed by atoms with Gasteiger partial charge in [0.1, 0.15) is 42.3 Å². The zero-order valence-electron chi connectivity index (χ0n) is 20.5. The SMILES string of the molecule is COc1ccc(C=CC(O)c2ccc(OCc3ccccc3)cc2OCc2ccccc2)c(OC)c1. The van der Waals surface area contributed by atoms with E-state index in [-0.39, 0.29) is 0 Å². The van der Waals surface area contributed by atoms with Crippen LogP contribution in [0.3, 0.4) is 0 Å². The second-order valence-corrected chi connectivity index (χ2v) is 8.16. The second-order valence-electron chi connectivity index (χ2n) is 8.16. The molecule has 0 spiro atoms. The molecule has 0 bridgehead atoms. The summed E-state index contributed by atoms with van der Waals surface area (Å²) in [5.41, 5.74) is 3.57. The molecule has 5 heteroatoms. The molecule has 4 aromatic carbocycles. The Morgan fingerprint density at radius 1 is 0.667 bits per heavy atom. The van der Waals surface area contributed by atoms with E-state index in [2.05, 4.69) is 0 Å². The fraction of sp³-hybridized carbons (Fsp3) is 0.161. The van der Waals surface area contributed by atoms with Crippen molar-refractivity contribution in [1.82, 2.24) is 0 Å². The molecular formula is C31H30O5. The van der Waals surface area contributed by atoms with Gasteiger partial charge in [0.2, 0.25) is 0 Å².